The van der Waals surface area contributed by atoms with Crippen molar-refractivity contribution in [2.24, 2.45) is 5.92 Å². The number of aryl methyl sites for hydroxylation is 1. The van der Waals surface area contributed by atoms with Crippen LogP contribution in [0.3, 0.4) is 0 Å². The van der Waals surface area contributed by atoms with E-state index >= 15 is 0 Å². The van der Waals surface area contributed by atoms with Crippen LogP contribution in [0.15, 0.2) is 64.9 Å². The van der Waals surface area contributed by atoms with E-state index in [0.717, 1.165) is 15.8 Å². The SMILES string of the molecule is C=C(c1ccc(S(=O)c2ccc(C)cc2)cc1)C1CCN(C2CCCCC2)CC1. The maximum Gasteiger partial charge on any atom is 0.0849 e. The Morgan fingerprint density at radius 1 is 0.862 bits per heavy atom. The smallest absolute Gasteiger partial charge is 0.0849 e. The Balaban J connectivity index is 1.36. The third-order valence-electron chi connectivity index (χ3n) is 6.79. The minimum absolute atomic E-state index is 0.572. The summed E-state index contributed by atoms with van der Waals surface area (Å²) in [5, 5.41) is 0. The van der Waals surface area contributed by atoms with Crippen LogP contribution in [0.1, 0.15) is 56.1 Å². The van der Waals surface area contributed by atoms with Crippen molar-refractivity contribution in [3.63, 3.8) is 0 Å². The predicted octanol–water partition coefficient (Wildman–Crippen LogP) is 6.22. The Bertz CT molecular complexity index is 841. The average molecular weight is 408 g/mol. The van der Waals surface area contributed by atoms with Gasteiger partial charge in [0.1, 0.15) is 0 Å². The highest BCUT2D eigenvalue weighted by molar-refractivity contribution is 7.85. The molecule has 3 heteroatoms. The zero-order chi connectivity index (χ0) is 20.2. The predicted molar refractivity (Wildman–Crippen MR) is 122 cm³/mol. The van der Waals surface area contributed by atoms with E-state index in [9.17, 15) is 4.21 Å². The summed E-state index contributed by atoms with van der Waals surface area (Å²) in [7, 11) is -1.13. The van der Waals surface area contributed by atoms with E-state index in [2.05, 4.69) is 23.6 Å². The van der Waals surface area contributed by atoms with Crippen LogP contribution in [-0.2, 0) is 10.8 Å². The minimum atomic E-state index is -1.13. The van der Waals surface area contributed by atoms with Crippen LogP contribution in [0.2, 0.25) is 0 Å². The second-order valence-electron chi connectivity index (χ2n) is 8.73. The zero-order valence-electron chi connectivity index (χ0n) is 17.6. The molecule has 4 rings (SSSR count). The van der Waals surface area contributed by atoms with E-state index in [1.165, 1.54) is 74.7 Å². The lowest BCUT2D eigenvalue weighted by Crippen LogP contribution is -2.42. The highest BCUT2D eigenvalue weighted by atomic mass is 32.2. The van der Waals surface area contributed by atoms with Gasteiger partial charge in [0.25, 0.3) is 0 Å². The zero-order valence-corrected chi connectivity index (χ0v) is 18.4. The molecule has 1 saturated carbocycles. The van der Waals surface area contributed by atoms with Crippen molar-refractivity contribution >= 4 is 16.4 Å². The van der Waals surface area contributed by atoms with Crippen LogP contribution >= 0.6 is 0 Å². The summed E-state index contributed by atoms with van der Waals surface area (Å²) in [5.41, 5.74) is 3.64. The first kappa shape index (κ1) is 20.6. The first-order chi connectivity index (χ1) is 14.1. The van der Waals surface area contributed by atoms with E-state index in [-0.39, 0.29) is 0 Å². The fourth-order valence-corrected chi connectivity index (χ4v) is 5.92. The molecule has 2 nitrogen and oxygen atoms in total. The van der Waals surface area contributed by atoms with Crippen molar-refractivity contribution in [1.82, 2.24) is 4.90 Å². The highest BCUT2D eigenvalue weighted by Gasteiger charge is 2.27. The van der Waals surface area contributed by atoms with Gasteiger partial charge in [-0.3, -0.25) is 0 Å². The van der Waals surface area contributed by atoms with Crippen molar-refractivity contribution < 1.29 is 4.21 Å². The molecule has 29 heavy (non-hydrogen) atoms. The molecule has 1 atom stereocenters. The van der Waals surface area contributed by atoms with E-state index in [0.29, 0.717) is 5.92 Å². The number of piperidine rings is 1. The fourth-order valence-electron chi connectivity index (χ4n) is 4.89. The van der Waals surface area contributed by atoms with E-state index in [4.69, 9.17) is 0 Å². The van der Waals surface area contributed by atoms with Gasteiger partial charge in [-0.05, 0) is 87.0 Å². The molecular weight excluding hydrogens is 374 g/mol. The van der Waals surface area contributed by atoms with Gasteiger partial charge in [-0.15, -0.1) is 0 Å². The molecule has 2 aromatic rings. The van der Waals surface area contributed by atoms with Gasteiger partial charge in [0.15, 0.2) is 0 Å². The number of hydrogen-bond acceptors (Lipinski definition) is 2. The molecule has 0 amide bonds. The van der Waals surface area contributed by atoms with Gasteiger partial charge in [0, 0.05) is 15.8 Å². The van der Waals surface area contributed by atoms with Gasteiger partial charge >= 0.3 is 0 Å². The Labute approximate surface area is 178 Å². The molecule has 1 saturated heterocycles. The normalized spacial score (nSPS) is 20.4. The van der Waals surface area contributed by atoms with Gasteiger partial charge in [-0.2, -0.15) is 0 Å². The molecule has 0 radical (unpaired) electrons. The quantitative estimate of drug-likeness (QED) is 0.586. The Morgan fingerprint density at radius 2 is 1.41 bits per heavy atom. The summed E-state index contributed by atoms with van der Waals surface area (Å²) in [6.45, 7) is 8.91. The second-order valence-corrected chi connectivity index (χ2v) is 10.2. The molecule has 154 valence electrons. The van der Waals surface area contributed by atoms with E-state index < -0.39 is 10.8 Å². The third-order valence-corrected chi connectivity index (χ3v) is 8.19. The lowest BCUT2D eigenvalue weighted by molar-refractivity contribution is 0.119. The molecule has 1 heterocycles. The summed E-state index contributed by atoms with van der Waals surface area (Å²) in [6, 6.07) is 17.0. The summed E-state index contributed by atoms with van der Waals surface area (Å²) in [6.07, 6.45) is 9.46. The lowest BCUT2D eigenvalue weighted by Gasteiger charge is -2.39. The fraction of sp³-hybridized carbons (Fsp3) is 0.462. The molecule has 2 aliphatic rings. The van der Waals surface area contributed by atoms with Crippen LogP contribution in [0.5, 0.6) is 0 Å². The average Bonchev–Trinajstić information content (AvgIpc) is 2.79. The highest BCUT2D eigenvalue weighted by Crippen LogP contribution is 2.33. The maximum atomic E-state index is 12.8. The standard InChI is InChI=1S/C26H33NOS/c1-20-8-12-25(13-9-20)29(28)26-14-10-22(11-15-26)21(2)23-16-18-27(19-17-23)24-6-4-3-5-7-24/h8-15,23-24H,2-7,16-19H2,1H3. The van der Waals surface area contributed by atoms with Gasteiger partial charge < -0.3 is 4.90 Å². The lowest BCUT2D eigenvalue weighted by atomic mass is 9.84. The number of likely N-dealkylation sites (tertiary alicyclic amines) is 1. The van der Waals surface area contributed by atoms with Crippen molar-refractivity contribution in [2.45, 2.75) is 67.7 Å². The van der Waals surface area contributed by atoms with Crippen molar-refractivity contribution in [1.29, 1.82) is 0 Å². The number of benzene rings is 2. The summed E-state index contributed by atoms with van der Waals surface area (Å²) in [5.74, 6) is 0.572. The van der Waals surface area contributed by atoms with Crippen LogP contribution in [0.4, 0.5) is 0 Å². The largest absolute Gasteiger partial charge is 0.300 e. The summed E-state index contributed by atoms with van der Waals surface area (Å²) < 4.78 is 12.8. The van der Waals surface area contributed by atoms with Gasteiger partial charge in [-0.1, -0.05) is 55.7 Å². The topological polar surface area (TPSA) is 20.3 Å². The molecular formula is C26H33NOS. The molecule has 1 aliphatic carbocycles. The second kappa shape index (κ2) is 9.40. The van der Waals surface area contributed by atoms with E-state index in [1.807, 2.05) is 43.3 Å². The molecule has 0 aromatic heterocycles. The van der Waals surface area contributed by atoms with Gasteiger partial charge in [0.05, 0.1) is 10.8 Å². The first-order valence-corrected chi connectivity index (χ1v) is 12.3. The maximum absolute atomic E-state index is 12.8. The Kier molecular flexibility index (Phi) is 6.67. The molecule has 2 fully saturated rings. The monoisotopic (exact) mass is 407 g/mol. The van der Waals surface area contributed by atoms with Crippen molar-refractivity contribution in [3.05, 3.63) is 66.2 Å². The van der Waals surface area contributed by atoms with Gasteiger partial charge in [-0.25, -0.2) is 4.21 Å². The number of rotatable bonds is 5. The third kappa shape index (κ3) is 4.90. The van der Waals surface area contributed by atoms with Crippen LogP contribution in [0, 0.1) is 12.8 Å². The number of allylic oxidation sites excluding steroid dienone is 1. The number of hydrogen-bond donors (Lipinski definition) is 0. The summed E-state index contributed by atoms with van der Waals surface area (Å²) in [4.78, 5) is 4.45. The van der Waals surface area contributed by atoms with Crippen molar-refractivity contribution in [3.8, 4) is 0 Å². The molecule has 0 N–H and O–H groups in total. The summed E-state index contributed by atoms with van der Waals surface area (Å²) >= 11 is 0. The van der Waals surface area contributed by atoms with Crippen LogP contribution in [-0.4, -0.2) is 28.2 Å². The van der Waals surface area contributed by atoms with Gasteiger partial charge in [0.2, 0.25) is 0 Å². The minimum Gasteiger partial charge on any atom is -0.300 e. The van der Waals surface area contributed by atoms with E-state index in [1.54, 1.807) is 0 Å². The van der Waals surface area contributed by atoms with Crippen LogP contribution < -0.4 is 0 Å². The molecule has 1 unspecified atom stereocenters. The Morgan fingerprint density at radius 3 is 2.00 bits per heavy atom. The molecule has 0 spiro atoms. The molecule has 0 bridgehead atoms. The molecule has 2 aromatic carbocycles. The Hall–Kier alpha value is -1.71. The van der Waals surface area contributed by atoms with Crippen molar-refractivity contribution in [2.75, 3.05) is 13.1 Å². The number of nitrogens with zero attached hydrogens (tertiary/aromatic N) is 1. The first-order valence-electron chi connectivity index (χ1n) is 11.1. The van der Waals surface area contributed by atoms with Crippen LogP contribution in [0.25, 0.3) is 5.57 Å². The molecule has 1 aliphatic heterocycles.